The van der Waals surface area contributed by atoms with Gasteiger partial charge in [-0.3, -0.25) is 4.79 Å². The van der Waals surface area contributed by atoms with Crippen LogP contribution < -0.4 is 5.32 Å². The van der Waals surface area contributed by atoms with Crippen LogP contribution in [0.15, 0.2) is 11.6 Å². The highest BCUT2D eigenvalue weighted by atomic mass is 16.1. The second-order valence-corrected chi connectivity index (χ2v) is 5.34. The number of hydrogen-bond acceptors (Lipinski definition) is 2. The van der Waals surface area contributed by atoms with Crippen molar-refractivity contribution in [2.75, 3.05) is 7.05 Å². The standard InChI is InChI=1S/C13H21NO/c1-9(14-3)12(15)8-13(2)7-6-10-4-5-11(10)13/h5,9-10,14H,4,6-8H2,1-3H3/t9-,10?,13?/m0/s1. The minimum atomic E-state index is 0.00144. The smallest absolute Gasteiger partial charge is 0.150 e. The maximum absolute atomic E-state index is 11.9. The van der Waals surface area contributed by atoms with Crippen LogP contribution in [0, 0.1) is 11.3 Å². The van der Waals surface area contributed by atoms with E-state index in [-0.39, 0.29) is 11.5 Å². The van der Waals surface area contributed by atoms with E-state index in [4.69, 9.17) is 0 Å². The number of carbonyl (C=O) groups excluding carboxylic acids is 1. The normalized spacial score (nSPS) is 35.4. The van der Waals surface area contributed by atoms with Crippen molar-refractivity contribution in [1.29, 1.82) is 0 Å². The molecule has 3 atom stereocenters. The van der Waals surface area contributed by atoms with Gasteiger partial charge in [0.15, 0.2) is 0 Å². The zero-order chi connectivity index (χ0) is 11.1. The van der Waals surface area contributed by atoms with Gasteiger partial charge in [-0.2, -0.15) is 0 Å². The van der Waals surface area contributed by atoms with Crippen LogP contribution in [0.3, 0.4) is 0 Å². The van der Waals surface area contributed by atoms with Crippen molar-refractivity contribution in [3.05, 3.63) is 11.6 Å². The molecule has 15 heavy (non-hydrogen) atoms. The summed E-state index contributed by atoms with van der Waals surface area (Å²) < 4.78 is 0. The van der Waals surface area contributed by atoms with Crippen LogP contribution in [-0.4, -0.2) is 18.9 Å². The Kier molecular flexibility index (Phi) is 2.72. The molecule has 2 heteroatoms. The molecule has 84 valence electrons. The van der Waals surface area contributed by atoms with E-state index in [1.165, 1.54) is 19.3 Å². The van der Waals surface area contributed by atoms with Crippen molar-refractivity contribution in [3.8, 4) is 0 Å². The lowest BCUT2D eigenvalue weighted by atomic mass is 9.72. The first-order valence-corrected chi connectivity index (χ1v) is 5.97. The summed E-state index contributed by atoms with van der Waals surface area (Å²) in [6, 6.07) is 0.00144. The first-order valence-electron chi connectivity index (χ1n) is 5.97. The van der Waals surface area contributed by atoms with Crippen molar-refractivity contribution in [2.45, 2.75) is 45.6 Å². The van der Waals surface area contributed by atoms with Gasteiger partial charge in [0.1, 0.15) is 5.78 Å². The predicted molar refractivity (Wildman–Crippen MR) is 61.7 cm³/mol. The number of hydrogen-bond donors (Lipinski definition) is 1. The van der Waals surface area contributed by atoms with E-state index in [1.54, 1.807) is 5.57 Å². The Bertz CT molecular complexity index is 308. The number of likely N-dealkylation sites (N-methyl/N-ethyl adjacent to an activating group) is 1. The molecule has 2 rings (SSSR count). The molecule has 0 spiro atoms. The number of Topliss-reactive ketones (excluding diaryl/α,β-unsaturated/α-hetero) is 1. The number of carbonyl (C=O) groups is 1. The average Bonchev–Trinajstić information content (AvgIpc) is 2.34. The zero-order valence-electron chi connectivity index (χ0n) is 9.97. The molecule has 2 aliphatic carbocycles. The third-order valence-electron chi connectivity index (χ3n) is 4.28. The minimum Gasteiger partial charge on any atom is -0.311 e. The second-order valence-electron chi connectivity index (χ2n) is 5.34. The lowest BCUT2D eigenvalue weighted by molar-refractivity contribution is -0.122. The van der Waals surface area contributed by atoms with E-state index < -0.39 is 0 Å². The van der Waals surface area contributed by atoms with E-state index in [2.05, 4.69) is 18.3 Å². The lowest BCUT2D eigenvalue weighted by Gasteiger charge is -2.32. The third kappa shape index (κ3) is 1.76. The molecule has 0 aromatic rings. The molecule has 2 unspecified atom stereocenters. The topological polar surface area (TPSA) is 29.1 Å². The highest BCUT2D eigenvalue weighted by Gasteiger charge is 2.44. The van der Waals surface area contributed by atoms with Crippen LogP contribution in [0.25, 0.3) is 0 Å². The van der Waals surface area contributed by atoms with Gasteiger partial charge in [0, 0.05) is 6.42 Å². The number of nitrogens with one attached hydrogen (secondary N) is 1. The first-order chi connectivity index (χ1) is 7.07. The lowest BCUT2D eigenvalue weighted by Crippen LogP contribution is -2.35. The molecule has 0 aromatic heterocycles. The predicted octanol–water partition coefficient (Wildman–Crippen LogP) is 2.30. The van der Waals surface area contributed by atoms with Crippen molar-refractivity contribution >= 4 is 5.78 Å². The summed E-state index contributed by atoms with van der Waals surface area (Å²) in [7, 11) is 1.85. The Labute approximate surface area is 92.1 Å². The third-order valence-corrected chi connectivity index (χ3v) is 4.28. The van der Waals surface area contributed by atoms with Crippen molar-refractivity contribution < 1.29 is 4.79 Å². The molecule has 2 nitrogen and oxygen atoms in total. The highest BCUT2D eigenvalue weighted by molar-refractivity contribution is 5.84. The SMILES string of the molecule is CN[C@@H](C)C(=O)CC1(C)CCC2CC=C21. The summed E-state index contributed by atoms with van der Waals surface area (Å²) in [6.07, 6.45) is 6.81. The fourth-order valence-electron chi connectivity index (χ4n) is 2.94. The second kappa shape index (κ2) is 3.75. The van der Waals surface area contributed by atoms with Crippen LogP contribution in [0.4, 0.5) is 0 Å². The summed E-state index contributed by atoms with van der Waals surface area (Å²) in [5.74, 6) is 1.17. The summed E-state index contributed by atoms with van der Waals surface area (Å²) in [5.41, 5.74) is 1.75. The first kappa shape index (κ1) is 10.9. The quantitative estimate of drug-likeness (QED) is 0.717. The Morgan fingerprint density at radius 2 is 2.47 bits per heavy atom. The summed E-state index contributed by atoms with van der Waals surface area (Å²) in [4.78, 5) is 11.9. The van der Waals surface area contributed by atoms with Crippen molar-refractivity contribution in [3.63, 3.8) is 0 Å². The van der Waals surface area contributed by atoms with Crippen LogP contribution in [0.5, 0.6) is 0 Å². The largest absolute Gasteiger partial charge is 0.311 e. The van der Waals surface area contributed by atoms with Gasteiger partial charge in [-0.1, -0.05) is 18.6 Å². The van der Waals surface area contributed by atoms with E-state index in [0.29, 0.717) is 5.78 Å². The molecule has 1 saturated carbocycles. The molecule has 0 bridgehead atoms. The molecule has 0 aromatic carbocycles. The fourth-order valence-corrected chi connectivity index (χ4v) is 2.94. The maximum Gasteiger partial charge on any atom is 0.150 e. The van der Waals surface area contributed by atoms with E-state index >= 15 is 0 Å². The van der Waals surface area contributed by atoms with E-state index in [0.717, 1.165) is 12.3 Å². The van der Waals surface area contributed by atoms with Gasteiger partial charge >= 0.3 is 0 Å². The summed E-state index contributed by atoms with van der Waals surface area (Å²) in [5, 5.41) is 3.03. The molecular formula is C13H21NO. The fraction of sp³-hybridized carbons (Fsp3) is 0.769. The zero-order valence-corrected chi connectivity index (χ0v) is 9.97. The van der Waals surface area contributed by atoms with Gasteiger partial charge < -0.3 is 5.32 Å². The number of ketones is 1. The van der Waals surface area contributed by atoms with Crippen molar-refractivity contribution in [2.24, 2.45) is 11.3 Å². The van der Waals surface area contributed by atoms with Crippen LogP contribution in [0.2, 0.25) is 0 Å². The van der Waals surface area contributed by atoms with Gasteiger partial charge in [0.05, 0.1) is 6.04 Å². The Balaban J connectivity index is 2.02. The van der Waals surface area contributed by atoms with Gasteiger partial charge in [-0.15, -0.1) is 0 Å². The number of fused-ring (bicyclic) bond motifs is 1. The number of rotatable bonds is 4. The summed E-state index contributed by atoms with van der Waals surface area (Å²) in [6.45, 7) is 4.21. The molecule has 1 N–H and O–H groups in total. The highest BCUT2D eigenvalue weighted by Crippen LogP contribution is 2.54. The van der Waals surface area contributed by atoms with Gasteiger partial charge in [0.2, 0.25) is 0 Å². The molecule has 0 radical (unpaired) electrons. The molecular weight excluding hydrogens is 186 g/mol. The molecule has 2 aliphatic rings. The van der Waals surface area contributed by atoms with E-state index in [9.17, 15) is 4.79 Å². The Hall–Kier alpha value is -0.630. The van der Waals surface area contributed by atoms with Crippen LogP contribution in [-0.2, 0) is 4.79 Å². The molecule has 0 amide bonds. The van der Waals surface area contributed by atoms with Gasteiger partial charge in [0.25, 0.3) is 0 Å². The van der Waals surface area contributed by atoms with Crippen LogP contribution in [0.1, 0.15) is 39.5 Å². The summed E-state index contributed by atoms with van der Waals surface area (Å²) >= 11 is 0. The Morgan fingerprint density at radius 1 is 1.73 bits per heavy atom. The Morgan fingerprint density at radius 3 is 2.93 bits per heavy atom. The average molecular weight is 207 g/mol. The van der Waals surface area contributed by atoms with Crippen molar-refractivity contribution in [1.82, 2.24) is 5.32 Å². The van der Waals surface area contributed by atoms with E-state index in [1.807, 2.05) is 14.0 Å². The monoisotopic (exact) mass is 207 g/mol. The minimum absolute atomic E-state index is 0.00144. The molecule has 0 saturated heterocycles. The number of allylic oxidation sites excluding steroid dienone is 2. The molecule has 0 aliphatic heterocycles. The van der Waals surface area contributed by atoms with Crippen LogP contribution >= 0.6 is 0 Å². The van der Waals surface area contributed by atoms with Gasteiger partial charge in [-0.25, -0.2) is 0 Å². The molecule has 0 heterocycles. The maximum atomic E-state index is 11.9. The van der Waals surface area contributed by atoms with Gasteiger partial charge in [-0.05, 0) is 44.6 Å². The molecule has 1 fully saturated rings.